The van der Waals surface area contributed by atoms with Gasteiger partial charge in [0, 0.05) is 20.0 Å². The first-order chi connectivity index (χ1) is 6.15. The molecular weight excluding hydrogens is 160 g/mol. The van der Waals surface area contributed by atoms with Gasteiger partial charge in [0.15, 0.2) is 0 Å². The van der Waals surface area contributed by atoms with Crippen LogP contribution in [0.2, 0.25) is 0 Å². The molecule has 0 atom stereocenters. The fourth-order valence-electron chi connectivity index (χ4n) is 0.970. The molecule has 0 amide bonds. The van der Waals surface area contributed by atoms with Crippen molar-refractivity contribution in [3.8, 4) is 0 Å². The van der Waals surface area contributed by atoms with Crippen LogP contribution in [0.25, 0.3) is 0 Å². The summed E-state index contributed by atoms with van der Waals surface area (Å²) in [6.07, 6.45) is 2.89. The molecule has 0 aliphatic rings. The molecule has 13 heavy (non-hydrogen) atoms. The third-order valence-corrected chi connectivity index (χ3v) is 2.02. The fourth-order valence-corrected chi connectivity index (χ4v) is 0.970. The summed E-state index contributed by atoms with van der Waals surface area (Å²) in [6.45, 7) is 11.1. The van der Waals surface area contributed by atoms with Crippen LogP contribution in [-0.4, -0.2) is 19.4 Å². The average Bonchev–Trinajstić information content (AvgIpc) is 2.15. The van der Waals surface area contributed by atoms with Gasteiger partial charge in [-0.05, 0) is 26.3 Å². The van der Waals surface area contributed by atoms with Crippen molar-refractivity contribution >= 4 is 5.84 Å². The molecule has 0 saturated carbocycles. The van der Waals surface area contributed by atoms with Gasteiger partial charge in [-0.3, -0.25) is 4.99 Å². The Morgan fingerprint density at radius 3 is 2.54 bits per heavy atom. The first-order valence-electron chi connectivity index (χ1n) is 4.66. The van der Waals surface area contributed by atoms with E-state index in [0.717, 1.165) is 24.4 Å². The van der Waals surface area contributed by atoms with Crippen molar-refractivity contribution in [2.45, 2.75) is 27.2 Å². The first-order valence-corrected chi connectivity index (χ1v) is 4.66. The number of allylic oxidation sites excluding steroid dienone is 2. The van der Waals surface area contributed by atoms with Crippen LogP contribution >= 0.6 is 0 Å². The van der Waals surface area contributed by atoms with E-state index in [1.807, 2.05) is 6.92 Å². The molecule has 0 aromatic heterocycles. The Bertz CT molecular complexity index is 224. The highest BCUT2D eigenvalue weighted by molar-refractivity contribution is 5.84. The zero-order chi connectivity index (χ0) is 10.3. The van der Waals surface area contributed by atoms with Gasteiger partial charge in [0.1, 0.15) is 5.84 Å². The summed E-state index contributed by atoms with van der Waals surface area (Å²) in [5.74, 6) is 1.01. The molecular formula is C11H20N2. The van der Waals surface area contributed by atoms with E-state index in [2.05, 4.69) is 36.8 Å². The van der Waals surface area contributed by atoms with Crippen LogP contribution in [0.5, 0.6) is 0 Å². The summed E-state index contributed by atoms with van der Waals surface area (Å²) in [6, 6.07) is 0. The van der Waals surface area contributed by atoms with Crippen LogP contribution in [0.1, 0.15) is 27.2 Å². The second-order valence-corrected chi connectivity index (χ2v) is 2.95. The van der Waals surface area contributed by atoms with Gasteiger partial charge in [0.2, 0.25) is 0 Å². The van der Waals surface area contributed by atoms with Crippen molar-refractivity contribution in [3.63, 3.8) is 0 Å². The van der Waals surface area contributed by atoms with Crippen molar-refractivity contribution in [1.82, 2.24) is 5.32 Å². The van der Waals surface area contributed by atoms with Crippen LogP contribution in [0.4, 0.5) is 0 Å². The van der Waals surface area contributed by atoms with Gasteiger partial charge in [0.25, 0.3) is 0 Å². The molecule has 0 spiro atoms. The van der Waals surface area contributed by atoms with Gasteiger partial charge in [-0.1, -0.05) is 18.2 Å². The highest BCUT2D eigenvalue weighted by Crippen LogP contribution is 2.10. The lowest BCUT2D eigenvalue weighted by molar-refractivity contribution is 0.935. The maximum Gasteiger partial charge on any atom is 0.100 e. The van der Waals surface area contributed by atoms with Crippen LogP contribution in [0.3, 0.4) is 0 Å². The van der Waals surface area contributed by atoms with Crippen molar-refractivity contribution in [1.29, 1.82) is 0 Å². The van der Waals surface area contributed by atoms with Gasteiger partial charge in [-0.2, -0.15) is 0 Å². The maximum absolute atomic E-state index is 4.15. The Labute approximate surface area is 81.5 Å². The lowest BCUT2D eigenvalue weighted by atomic mass is 10.1. The summed E-state index contributed by atoms with van der Waals surface area (Å²) in [5, 5.41) is 3.20. The smallest absolute Gasteiger partial charge is 0.100 e. The Hall–Kier alpha value is -1.05. The monoisotopic (exact) mass is 180 g/mol. The minimum atomic E-state index is 0.820. The second-order valence-electron chi connectivity index (χ2n) is 2.95. The summed E-state index contributed by atoms with van der Waals surface area (Å²) in [7, 11) is 1.80. The van der Waals surface area contributed by atoms with E-state index >= 15 is 0 Å². The number of hydrogen-bond donors (Lipinski definition) is 1. The Morgan fingerprint density at radius 1 is 1.54 bits per heavy atom. The van der Waals surface area contributed by atoms with Gasteiger partial charge >= 0.3 is 0 Å². The quantitative estimate of drug-likeness (QED) is 0.401. The zero-order valence-corrected chi connectivity index (χ0v) is 9.15. The largest absolute Gasteiger partial charge is 0.374 e. The standard InChI is InChI=1S/C11H20N2/c1-6-9(3)10(4)8-11(12-5)13-7-2/h6H,4,7-8H2,1-3,5H3,(H,12,13)/b9-6+. The minimum Gasteiger partial charge on any atom is -0.374 e. The topological polar surface area (TPSA) is 24.4 Å². The summed E-state index contributed by atoms with van der Waals surface area (Å²) in [4.78, 5) is 4.15. The number of hydrogen-bond acceptors (Lipinski definition) is 1. The predicted molar refractivity (Wildman–Crippen MR) is 60.2 cm³/mol. The van der Waals surface area contributed by atoms with Gasteiger partial charge in [0.05, 0.1) is 0 Å². The summed E-state index contributed by atoms with van der Waals surface area (Å²) >= 11 is 0. The molecule has 1 N–H and O–H groups in total. The summed E-state index contributed by atoms with van der Waals surface area (Å²) < 4.78 is 0. The summed E-state index contributed by atoms with van der Waals surface area (Å²) in [5.41, 5.74) is 2.36. The molecule has 0 aromatic carbocycles. The van der Waals surface area contributed by atoms with Crippen molar-refractivity contribution in [2.24, 2.45) is 4.99 Å². The molecule has 0 unspecified atom stereocenters. The third-order valence-electron chi connectivity index (χ3n) is 2.02. The van der Waals surface area contributed by atoms with E-state index < -0.39 is 0 Å². The van der Waals surface area contributed by atoms with Crippen molar-refractivity contribution < 1.29 is 0 Å². The molecule has 0 heterocycles. The van der Waals surface area contributed by atoms with E-state index in [9.17, 15) is 0 Å². The van der Waals surface area contributed by atoms with Gasteiger partial charge in [-0.15, -0.1) is 0 Å². The highest BCUT2D eigenvalue weighted by atomic mass is 15.0. The van der Waals surface area contributed by atoms with Gasteiger partial charge in [-0.25, -0.2) is 0 Å². The molecule has 2 nitrogen and oxygen atoms in total. The Balaban J connectivity index is 4.18. The van der Waals surface area contributed by atoms with E-state index in [-0.39, 0.29) is 0 Å². The molecule has 2 heteroatoms. The first kappa shape index (κ1) is 11.9. The van der Waals surface area contributed by atoms with Crippen molar-refractivity contribution in [2.75, 3.05) is 13.6 Å². The van der Waals surface area contributed by atoms with Crippen LogP contribution < -0.4 is 5.32 Å². The molecule has 0 saturated heterocycles. The number of rotatable bonds is 4. The lowest BCUT2D eigenvalue weighted by Crippen LogP contribution is -2.23. The predicted octanol–water partition coefficient (Wildman–Crippen LogP) is 2.54. The molecule has 0 aliphatic carbocycles. The number of aliphatic imine (C=N–C) groups is 1. The van der Waals surface area contributed by atoms with Crippen LogP contribution in [0, 0.1) is 0 Å². The number of amidine groups is 1. The van der Waals surface area contributed by atoms with Crippen LogP contribution in [-0.2, 0) is 0 Å². The Morgan fingerprint density at radius 2 is 2.15 bits per heavy atom. The molecule has 0 bridgehead atoms. The second kappa shape index (κ2) is 6.46. The van der Waals surface area contributed by atoms with Crippen LogP contribution in [0.15, 0.2) is 28.8 Å². The van der Waals surface area contributed by atoms with Gasteiger partial charge < -0.3 is 5.32 Å². The number of nitrogens with one attached hydrogen (secondary N) is 1. The molecule has 74 valence electrons. The molecule has 0 aliphatic heterocycles. The zero-order valence-electron chi connectivity index (χ0n) is 9.15. The minimum absolute atomic E-state index is 0.820. The molecule has 0 radical (unpaired) electrons. The molecule has 0 fully saturated rings. The van der Waals surface area contributed by atoms with E-state index in [4.69, 9.17) is 0 Å². The maximum atomic E-state index is 4.15. The van der Waals surface area contributed by atoms with Crippen molar-refractivity contribution in [3.05, 3.63) is 23.8 Å². The Kier molecular flexibility index (Phi) is 5.94. The van der Waals surface area contributed by atoms with E-state index in [1.165, 1.54) is 5.57 Å². The molecule has 0 aromatic rings. The van der Waals surface area contributed by atoms with E-state index in [1.54, 1.807) is 7.05 Å². The lowest BCUT2D eigenvalue weighted by Gasteiger charge is -2.09. The highest BCUT2D eigenvalue weighted by Gasteiger charge is 2.01. The normalized spacial score (nSPS) is 12.9. The fraction of sp³-hybridized carbons (Fsp3) is 0.545. The molecule has 0 rings (SSSR count). The third kappa shape index (κ3) is 4.51. The average molecular weight is 180 g/mol. The SMILES string of the molecule is C=C(CC(=NC)NCC)/C(C)=C/C. The van der Waals surface area contributed by atoms with E-state index in [0.29, 0.717) is 0 Å². The number of nitrogens with zero attached hydrogens (tertiary/aromatic N) is 1.